The molecule has 126 valence electrons. The number of hydrogen-bond acceptors (Lipinski definition) is 3. The molecule has 0 aromatic heterocycles. The molecule has 2 aliphatic rings. The number of carbonyl (C=O) groups excluding carboxylic acids is 1. The molecule has 0 unspecified atom stereocenters. The summed E-state index contributed by atoms with van der Waals surface area (Å²) in [6.07, 6.45) is 1.63. The van der Waals surface area contributed by atoms with Crippen molar-refractivity contribution in [2.75, 3.05) is 6.54 Å². The van der Waals surface area contributed by atoms with Crippen LogP contribution in [0.1, 0.15) is 17.5 Å². The third-order valence-electron chi connectivity index (χ3n) is 4.32. The summed E-state index contributed by atoms with van der Waals surface area (Å²) in [6, 6.07) is 11.5. The average Bonchev–Trinajstić information content (AvgIpc) is 3.16. The van der Waals surface area contributed by atoms with Gasteiger partial charge in [-0.1, -0.05) is 41.4 Å². The van der Waals surface area contributed by atoms with Gasteiger partial charge in [-0.05, 0) is 23.8 Å². The number of nitrogens with zero attached hydrogens (tertiary/aromatic N) is 2. The Morgan fingerprint density at radius 3 is 2.68 bits per heavy atom. The van der Waals surface area contributed by atoms with Crippen LogP contribution in [0.5, 0.6) is 0 Å². The Labute approximate surface area is 155 Å². The molecule has 0 radical (unpaired) electrons. The van der Waals surface area contributed by atoms with Crippen molar-refractivity contribution in [3.05, 3.63) is 57.6 Å². The molecule has 0 atom stereocenters. The standard InChI is InChI=1S/C19H15Cl2N3O/c20-12-6-16(21)15-8-13(23-18(15)7-12)9-19(25)22-10-14-5-11-3-1-2-4-17(11)24-14/h1-4,6-7H,5,8-10H2,(H,22,25). The van der Waals surface area contributed by atoms with Crippen LogP contribution in [0.3, 0.4) is 0 Å². The van der Waals surface area contributed by atoms with E-state index in [2.05, 4.69) is 21.4 Å². The molecule has 4 nitrogen and oxygen atoms in total. The van der Waals surface area contributed by atoms with E-state index in [1.165, 1.54) is 5.56 Å². The van der Waals surface area contributed by atoms with Crippen molar-refractivity contribution in [1.82, 2.24) is 5.32 Å². The highest BCUT2D eigenvalue weighted by Crippen LogP contribution is 2.36. The smallest absolute Gasteiger partial charge is 0.225 e. The van der Waals surface area contributed by atoms with Gasteiger partial charge in [0, 0.05) is 39.9 Å². The average molecular weight is 372 g/mol. The van der Waals surface area contributed by atoms with Crippen molar-refractivity contribution >= 4 is 51.9 Å². The lowest BCUT2D eigenvalue weighted by atomic mass is 10.1. The number of benzene rings is 2. The Kier molecular flexibility index (Phi) is 4.32. The summed E-state index contributed by atoms with van der Waals surface area (Å²) in [5, 5.41) is 4.08. The molecule has 6 heteroatoms. The molecular weight excluding hydrogens is 357 g/mol. The summed E-state index contributed by atoms with van der Waals surface area (Å²) in [5.41, 5.74) is 5.66. The molecule has 1 N–H and O–H groups in total. The van der Waals surface area contributed by atoms with Gasteiger partial charge in [0.2, 0.25) is 5.91 Å². The fraction of sp³-hybridized carbons (Fsp3) is 0.211. The van der Waals surface area contributed by atoms with Gasteiger partial charge in [0.25, 0.3) is 0 Å². The number of amides is 1. The number of fused-ring (bicyclic) bond motifs is 2. The number of para-hydroxylation sites is 1. The lowest BCUT2D eigenvalue weighted by Gasteiger charge is -2.05. The highest BCUT2D eigenvalue weighted by Gasteiger charge is 2.21. The van der Waals surface area contributed by atoms with E-state index < -0.39 is 0 Å². The second kappa shape index (κ2) is 6.62. The molecule has 2 aromatic carbocycles. The van der Waals surface area contributed by atoms with Crippen molar-refractivity contribution in [2.24, 2.45) is 9.98 Å². The van der Waals surface area contributed by atoms with Gasteiger partial charge < -0.3 is 5.32 Å². The van der Waals surface area contributed by atoms with E-state index in [-0.39, 0.29) is 12.3 Å². The van der Waals surface area contributed by atoms with E-state index in [4.69, 9.17) is 23.2 Å². The monoisotopic (exact) mass is 371 g/mol. The minimum absolute atomic E-state index is 0.0626. The first-order valence-electron chi connectivity index (χ1n) is 8.04. The van der Waals surface area contributed by atoms with Gasteiger partial charge in [0.05, 0.1) is 24.3 Å². The van der Waals surface area contributed by atoms with Crippen LogP contribution in [0.25, 0.3) is 0 Å². The van der Waals surface area contributed by atoms with Crippen molar-refractivity contribution in [3.63, 3.8) is 0 Å². The maximum atomic E-state index is 12.2. The quantitative estimate of drug-likeness (QED) is 0.847. The molecule has 0 fully saturated rings. The van der Waals surface area contributed by atoms with Crippen LogP contribution in [0.15, 0.2) is 46.4 Å². The molecule has 0 saturated heterocycles. The Bertz CT molecular complexity index is 934. The highest BCUT2D eigenvalue weighted by atomic mass is 35.5. The summed E-state index contributed by atoms with van der Waals surface area (Å²) in [5.74, 6) is -0.0626. The maximum absolute atomic E-state index is 12.2. The zero-order valence-corrected chi connectivity index (χ0v) is 14.9. The predicted octanol–water partition coefficient (Wildman–Crippen LogP) is 4.46. The summed E-state index contributed by atoms with van der Waals surface area (Å²) in [4.78, 5) is 21.3. The number of halogens is 2. The van der Waals surface area contributed by atoms with Crippen LogP contribution in [0, 0.1) is 0 Å². The lowest BCUT2D eigenvalue weighted by molar-refractivity contribution is -0.119. The van der Waals surface area contributed by atoms with Gasteiger partial charge in [-0.2, -0.15) is 0 Å². The zero-order valence-electron chi connectivity index (χ0n) is 13.4. The van der Waals surface area contributed by atoms with Gasteiger partial charge in [-0.3, -0.25) is 14.8 Å². The van der Waals surface area contributed by atoms with E-state index in [9.17, 15) is 4.79 Å². The van der Waals surface area contributed by atoms with E-state index in [0.717, 1.165) is 34.8 Å². The van der Waals surface area contributed by atoms with Crippen LogP contribution in [-0.2, 0) is 17.6 Å². The SMILES string of the molecule is O=C(CC1=Nc2cc(Cl)cc(Cl)c2C1)NCC1=Nc2ccccc2C1. The molecule has 2 aromatic rings. The van der Waals surface area contributed by atoms with Gasteiger partial charge in [0.1, 0.15) is 0 Å². The summed E-state index contributed by atoms with van der Waals surface area (Å²) >= 11 is 12.2. The highest BCUT2D eigenvalue weighted by molar-refractivity contribution is 6.36. The Morgan fingerprint density at radius 2 is 1.84 bits per heavy atom. The summed E-state index contributed by atoms with van der Waals surface area (Å²) in [7, 11) is 0. The molecule has 4 rings (SSSR count). The molecule has 0 bridgehead atoms. The Hall–Kier alpha value is -2.17. The van der Waals surface area contributed by atoms with Crippen LogP contribution in [0.4, 0.5) is 11.4 Å². The first-order chi connectivity index (χ1) is 12.1. The van der Waals surface area contributed by atoms with E-state index in [1.807, 2.05) is 18.2 Å². The van der Waals surface area contributed by atoms with Gasteiger partial charge in [-0.15, -0.1) is 0 Å². The van der Waals surface area contributed by atoms with Crippen molar-refractivity contribution in [2.45, 2.75) is 19.3 Å². The van der Waals surface area contributed by atoms with Crippen molar-refractivity contribution in [3.8, 4) is 0 Å². The molecule has 0 aliphatic carbocycles. The Morgan fingerprint density at radius 1 is 1.04 bits per heavy atom. The van der Waals surface area contributed by atoms with Gasteiger partial charge in [-0.25, -0.2) is 0 Å². The first kappa shape index (κ1) is 16.3. The molecule has 0 spiro atoms. The van der Waals surface area contributed by atoms with Crippen LogP contribution < -0.4 is 5.32 Å². The first-order valence-corrected chi connectivity index (χ1v) is 8.79. The normalized spacial score (nSPS) is 14.6. The predicted molar refractivity (Wildman–Crippen MR) is 102 cm³/mol. The second-order valence-corrected chi connectivity index (χ2v) is 7.02. The fourth-order valence-corrected chi connectivity index (χ4v) is 3.68. The van der Waals surface area contributed by atoms with E-state index >= 15 is 0 Å². The number of nitrogens with one attached hydrogen (secondary N) is 1. The number of carbonyl (C=O) groups is 1. The molecule has 0 saturated carbocycles. The van der Waals surface area contributed by atoms with Gasteiger partial charge in [0.15, 0.2) is 0 Å². The molecule has 1 amide bonds. The molecule has 2 heterocycles. The largest absolute Gasteiger partial charge is 0.350 e. The van der Waals surface area contributed by atoms with Crippen molar-refractivity contribution < 1.29 is 4.79 Å². The number of aliphatic imine (C=N–C) groups is 2. The molecular formula is C19H15Cl2N3O. The minimum Gasteiger partial charge on any atom is -0.350 e. The lowest BCUT2D eigenvalue weighted by Crippen LogP contribution is -2.31. The molecule has 25 heavy (non-hydrogen) atoms. The minimum atomic E-state index is -0.0626. The maximum Gasteiger partial charge on any atom is 0.225 e. The van der Waals surface area contributed by atoms with E-state index in [1.54, 1.807) is 12.1 Å². The molecule has 2 aliphatic heterocycles. The van der Waals surface area contributed by atoms with Crippen LogP contribution in [-0.4, -0.2) is 23.9 Å². The van der Waals surface area contributed by atoms with Crippen LogP contribution >= 0.6 is 23.2 Å². The topological polar surface area (TPSA) is 53.8 Å². The fourth-order valence-electron chi connectivity index (χ4n) is 3.13. The number of rotatable bonds is 4. The number of hydrogen-bond donors (Lipinski definition) is 1. The van der Waals surface area contributed by atoms with Crippen LogP contribution in [0.2, 0.25) is 10.0 Å². The summed E-state index contributed by atoms with van der Waals surface area (Å²) in [6.45, 7) is 0.459. The third-order valence-corrected chi connectivity index (χ3v) is 4.87. The zero-order chi connectivity index (χ0) is 17.4. The summed E-state index contributed by atoms with van der Waals surface area (Å²) < 4.78 is 0. The van der Waals surface area contributed by atoms with Crippen molar-refractivity contribution in [1.29, 1.82) is 0 Å². The Balaban J connectivity index is 1.34. The third kappa shape index (κ3) is 3.46. The van der Waals surface area contributed by atoms with Gasteiger partial charge >= 0.3 is 0 Å². The second-order valence-electron chi connectivity index (χ2n) is 6.18. The van der Waals surface area contributed by atoms with E-state index in [0.29, 0.717) is 23.0 Å².